The van der Waals surface area contributed by atoms with Crippen molar-refractivity contribution in [2.45, 2.75) is 29.6 Å². The summed E-state index contributed by atoms with van der Waals surface area (Å²) in [6, 6.07) is 6.77. The number of alkyl halides is 1. The minimum absolute atomic E-state index is 0.261. The molecule has 0 saturated heterocycles. The Morgan fingerprint density at radius 3 is 2.28 bits per heavy atom. The summed E-state index contributed by atoms with van der Waals surface area (Å²) in [5.41, 5.74) is 0.395. The minimum Gasteiger partial charge on any atom is -0.383 e. The van der Waals surface area contributed by atoms with E-state index in [9.17, 15) is 8.42 Å². The first-order chi connectivity index (χ1) is 8.30. The highest BCUT2D eigenvalue weighted by Gasteiger charge is 2.25. The summed E-state index contributed by atoms with van der Waals surface area (Å²) < 4.78 is 31.9. The fraction of sp³-hybridized carbons (Fsp3) is 0.500. The van der Waals surface area contributed by atoms with E-state index < -0.39 is 15.6 Å². The quantitative estimate of drug-likeness (QED) is 0.811. The van der Waals surface area contributed by atoms with Crippen molar-refractivity contribution >= 4 is 26.0 Å². The highest BCUT2D eigenvalue weighted by atomic mass is 79.9. The third kappa shape index (κ3) is 4.35. The van der Waals surface area contributed by atoms with Crippen molar-refractivity contribution in [3.8, 4) is 0 Å². The Morgan fingerprint density at radius 2 is 1.83 bits per heavy atom. The predicted octanol–water partition coefficient (Wildman–Crippen LogP) is 2.28. The van der Waals surface area contributed by atoms with Crippen LogP contribution in [0.5, 0.6) is 0 Å². The van der Waals surface area contributed by atoms with E-state index in [1.807, 2.05) is 0 Å². The Morgan fingerprint density at radius 1 is 1.28 bits per heavy atom. The molecular formula is C12H18BrNO3S. The smallest absolute Gasteiger partial charge is 0.241 e. The summed E-state index contributed by atoms with van der Waals surface area (Å²) in [4.78, 5) is 0.261. The van der Waals surface area contributed by atoms with E-state index in [2.05, 4.69) is 20.7 Å². The minimum atomic E-state index is -3.51. The predicted molar refractivity (Wildman–Crippen MR) is 75.3 cm³/mol. The van der Waals surface area contributed by atoms with Crippen LogP contribution in [0.1, 0.15) is 19.4 Å². The van der Waals surface area contributed by atoms with Crippen LogP contribution < -0.4 is 4.72 Å². The van der Waals surface area contributed by atoms with Crippen LogP contribution in [0.25, 0.3) is 0 Å². The second kappa shape index (κ2) is 6.14. The highest BCUT2D eigenvalue weighted by Crippen LogP contribution is 2.15. The second-order valence-electron chi connectivity index (χ2n) is 4.70. The second-order valence-corrected chi connectivity index (χ2v) is 6.94. The van der Waals surface area contributed by atoms with Gasteiger partial charge in [-0.15, -0.1) is 0 Å². The Balaban J connectivity index is 2.92. The van der Waals surface area contributed by atoms with E-state index in [1.165, 1.54) is 0 Å². The van der Waals surface area contributed by atoms with Gasteiger partial charge in [-0.25, -0.2) is 13.1 Å². The number of ether oxygens (including phenoxy) is 1. The number of nitrogens with one attached hydrogen (secondary N) is 1. The van der Waals surface area contributed by atoms with Crippen LogP contribution >= 0.6 is 15.9 Å². The van der Waals surface area contributed by atoms with Gasteiger partial charge in [-0.05, 0) is 31.5 Å². The number of methoxy groups -OCH3 is 1. The molecular weight excluding hydrogens is 318 g/mol. The molecule has 102 valence electrons. The van der Waals surface area contributed by atoms with E-state index in [-0.39, 0.29) is 4.90 Å². The normalized spacial score (nSPS) is 12.7. The number of benzene rings is 1. The number of halogens is 1. The van der Waals surface area contributed by atoms with Crippen LogP contribution in [0.15, 0.2) is 29.2 Å². The van der Waals surface area contributed by atoms with Crippen LogP contribution in [0.2, 0.25) is 0 Å². The van der Waals surface area contributed by atoms with Gasteiger partial charge in [-0.3, -0.25) is 0 Å². The summed E-state index contributed by atoms with van der Waals surface area (Å²) in [5, 5.41) is 0.704. The van der Waals surface area contributed by atoms with Gasteiger partial charge >= 0.3 is 0 Å². The largest absolute Gasteiger partial charge is 0.383 e. The molecule has 0 aromatic heterocycles. The van der Waals surface area contributed by atoms with Crippen molar-refractivity contribution < 1.29 is 13.2 Å². The zero-order valence-electron chi connectivity index (χ0n) is 10.7. The van der Waals surface area contributed by atoms with E-state index in [0.29, 0.717) is 11.9 Å². The van der Waals surface area contributed by atoms with Crippen LogP contribution in [0.4, 0.5) is 0 Å². The Kier molecular flexibility index (Phi) is 5.33. The van der Waals surface area contributed by atoms with Gasteiger partial charge in [0.05, 0.1) is 17.0 Å². The van der Waals surface area contributed by atoms with Gasteiger partial charge in [0.2, 0.25) is 10.0 Å². The Bertz CT molecular complexity index is 483. The first-order valence-corrected chi connectivity index (χ1v) is 8.09. The van der Waals surface area contributed by atoms with Gasteiger partial charge in [-0.2, -0.15) is 0 Å². The lowest BCUT2D eigenvalue weighted by Gasteiger charge is -2.24. The molecule has 1 N–H and O–H groups in total. The van der Waals surface area contributed by atoms with Crippen LogP contribution in [-0.2, 0) is 20.1 Å². The van der Waals surface area contributed by atoms with Crippen molar-refractivity contribution in [3.63, 3.8) is 0 Å². The standard InChI is InChI=1S/C12H18BrNO3S/c1-12(2,9-17-3)14-18(15,16)11-6-4-10(8-13)5-7-11/h4-7,14H,8-9H2,1-3H3. The van der Waals surface area contributed by atoms with E-state index >= 15 is 0 Å². The molecule has 0 saturated carbocycles. The maximum absolute atomic E-state index is 12.1. The van der Waals surface area contributed by atoms with Crippen molar-refractivity contribution in [2.75, 3.05) is 13.7 Å². The number of rotatable bonds is 6. The van der Waals surface area contributed by atoms with Crippen LogP contribution in [0.3, 0.4) is 0 Å². The molecule has 1 aromatic carbocycles. The lowest BCUT2D eigenvalue weighted by Crippen LogP contribution is -2.46. The van der Waals surface area contributed by atoms with Crippen molar-refractivity contribution in [3.05, 3.63) is 29.8 Å². The first kappa shape index (κ1) is 15.6. The van der Waals surface area contributed by atoms with Crippen molar-refractivity contribution in [1.82, 2.24) is 4.72 Å². The fourth-order valence-corrected chi connectivity index (χ4v) is 3.34. The molecule has 0 bridgehead atoms. The third-order valence-electron chi connectivity index (χ3n) is 2.30. The molecule has 0 unspecified atom stereocenters. The molecule has 0 aliphatic carbocycles. The lowest BCUT2D eigenvalue weighted by atomic mass is 10.1. The average molecular weight is 336 g/mol. The fourth-order valence-electron chi connectivity index (χ4n) is 1.57. The molecule has 18 heavy (non-hydrogen) atoms. The third-order valence-corrected chi connectivity index (χ3v) is 4.67. The summed E-state index contributed by atoms with van der Waals surface area (Å²) in [6.45, 7) is 3.87. The molecule has 0 fully saturated rings. The molecule has 6 heteroatoms. The van der Waals surface area contributed by atoms with Crippen LogP contribution in [-0.4, -0.2) is 27.7 Å². The van der Waals surface area contributed by atoms with Gasteiger partial charge in [0.1, 0.15) is 0 Å². The molecule has 0 aliphatic heterocycles. The number of hydrogen-bond donors (Lipinski definition) is 1. The van der Waals surface area contributed by atoms with Gasteiger partial charge in [0.25, 0.3) is 0 Å². The summed E-state index contributed by atoms with van der Waals surface area (Å²) in [5.74, 6) is 0. The molecule has 0 spiro atoms. The number of sulfonamides is 1. The molecule has 0 aliphatic rings. The molecule has 0 atom stereocenters. The summed E-state index contributed by atoms with van der Waals surface area (Å²) >= 11 is 3.32. The lowest BCUT2D eigenvalue weighted by molar-refractivity contribution is 0.141. The van der Waals surface area contributed by atoms with Crippen molar-refractivity contribution in [2.24, 2.45) is 0 Å². The number of hydrogen-bond acceptors (Lipinski definition) is 3. The van der Waals surface area contributed by atoms with E-state index in [4.69, 9.17) is 4.74 Å². The average Bonchev–Trinajstić information content (AvgIpc) is 2.27. The first-order valence-electron chi connectivity index (χ1n) is 5.48. The Labute approximate surface area is 117 Å². The zero-order chi connectivity index (χ0) is 13.8. The molecule has 1 aromatic rings. The Hall–Kier alpha value is -0.430. The summed E-state index contributed by atoms with van der Waals surface area (Å²) in [7, 11) is -1.97. The SMILES string of the molecule is COCC(C)(C)NS(=O)(=O)c1ccc(CBr)cc1. The van der Waals surface area contributed by atoms with Gasteiger partial charge in [-0.1, -0.05) is 28.1 Å². The highest BCUT2D eigenvalue weighted by molar-refractivity contribution is 9.08. The van der Waals surface area contributed by atoms with Gasteiger partial charge in [0, 0.05) is 12.4 Å². The molecule has 0 radical (unpaired) electrons. The molecule has 0 heterocycles. The molecule has 0 amide bonds. The van der Waals surface area contributed by atoms with E-state index in [1.54, 1.807) is 45.2 Å². The maximum Gasteiger partial charge on any atom is 0.241 e. The molecule has 1 rings (SSSR count). The zero-order valence-corrected chi connectivity index (χ0v) is 13.1. The monoisotopic (exact) mass is 335 g/mol. The molecule has 4 nitrogen and oxygen atoms in total. The van der Waals surface area contributed by atoms with Gasteiger partial charge < -0.3 is 4.74 Å². The van der Waals surface area contributed by atoms with Crippen molar-refractivity contribution in [1.29, 1.82) is 0 Å². The topological polar surface area (TPSA) is 55.4 Å². The van der Waals surface area contributed by atoms with E-state index in [0.717, 1.165) is 5.56 Å². The van der Waals surface area contributed by atoms with Crippen LogP contribution in [0, 0.1) is 0 Å². The summed E-state index contributed by atoms with van der Waals surface area (Å²) in [6.07, 6.45) is 0. The van der Waals surface area contributed by atoms with Gasteiger partial charge in [0.15, 0.2) is 0 Å². The maximum atomic E-state index is 12.1.